The average Bonchev–Trinajstić information content (AvgIpc) is 3.24. The molecule has 36 nitrogen and oxygen atoms in total. The molecule has 0 aliphatic rings. The molecule has 67 heavy (non-hydrogen) atoms. The number of carboxylic acids is 6. The summed E-state index contributed by atoms with van der Waals surface area (Å²) in [6.07, 6.45) is 0. The number of hydrogen-bond donors (Lipinski definition) is 0. The van der Waals surface area contributed by atoms with Crippen LogP contribution in [0.3, 0.4) is 0 Å². The van der Waals surface area contributed by atoms with Gasteiger partial charge < -0.3 is 59.4 Å². The number of aromatic carboxylic acids is 6. The van der Waals surface area contributed by atoms with E-state index < -0.39 is 137 Å². The van der Waals surface area contributed by atoms with Gasteiger partial charge >= 0.3 is 33.8 Å². The van der Waals surface area contributed by atoms with Gasteiger partial charge in [-0.15, -0.1) is 0 Å². The van der Waals surface area contributed by atoms with Crippen molar-refractivity contribution in [3.8, 4) is 0 Å². The van der Waals surface area contributed by atoms with Crippen LogP contribution in [0.15, 0.2) is 149 Å². The van der Waals surface area contributed by atoms with E-state index in [9.17, 15) is 117 Å². The smallest absolute Gasteiger partial charge is 0.425 e. The van der Waals surface area contributed by atoms with Crippen LogP contribution in [-0.4, -0.2) is 35.8 Å². The number of hydrogen-bond acceptors (Lipinski definition) is 36. The van der Waals surface area contributed by atoms with Gasteiger partial charge in [-0.3, -0.25) is 56.2 Å². The number of carbonyl (C=O) groups excluding carboxylic acids is 6. The van der Waals surface area contributed by atoms with Crippen molar-refractivity contribution in [1.82, 2.24) is 0 Å². The van der Waals surface area contributed by atoms with Crippen molar-refractivity contribution in [3.63, 3.8) is 0 Å². The molecular weight excluding hydrogens is 1030 g/mol. The number of carbonyl (C=O) groups is 6. The van der Waals surface area contributed by atoms with Crippen molar-refractivity contribution in [2.24, 2.45) is 0 Å². The topological polar surface area (TPSA) is 603 Å². The first kappa shape index (κ1) is 56.6. The van der Waals surface area contributed by atoms with E-state index in [-0.39, 0.29) is 21.1 Å². The first-order valence-electron chi connectivity index (χ1n) is 14.8. The van der Waals surface area contributed by atoms with Crippen LogP contribution in [0.2, 0.25) is 0 Å². The Hall–Kier alpha value is -10.4. The van der Waals surface area contributed by atoms with Crippen molar-refractivity contribution >= 4 is 35.8 Å². The molecule has 0 radical (unpaired) electrons. The summed E-state index contributed by atoms with van der Waals surface area (Å²) in [5.41, 5.74) is -14.1. The Morgan fingerprint density at radius 3 is 0.418 bits per heavy atom. The van der Waals surface area contributed by atoms with Crippen LogP contribution in [0.1, 0.15) is 63.3 Å². The zero-order valence-electron chi connectivity index (χ0n) is 30.6. The normalized spacial score (nSPS) is 9.31. The molecule has 0 spiro atoms. The molecule has 0 unspecified atom stereocenters. The third kappa shape index (κ3) is 19.0. The fourth-order valence-electron chi connectivity index (χ4n) is 2.51. The van der Waals surface area contributed by atoms with E-state index in [2.05, 4.69) is 54.9 Å². The van der Waals surface area contributed by atoms with Gasteiger partial charge in [0.1, 0.15) is 35.8 Å². The molecular formula is C30H6MoO36-6. The Morgan fingerprint density at radius 1 is 0.239 bits per heavy atom. The van der Waals surface area contributed by atoms with Crippen LogP contribution in [0.5, 0.6) is 0 Å². The monoisotopic (exact) mass is 1040 g/mol. The van der Waals surface area contributed by atoms with Crippen LogP contribution in [0.4, 0.5) is 0 Å². The Kier molecular flexibility index (Phi) is 22.1. The minimum absolute atomic E-state index is 0. The molecule has 6 aromatic heterocycles. The summed E-state index contributed by atoms with van der Waals surface area (Å²) >= 11 is 0. The molecule has 6 aromatic rings. The molecule has 0 atom stereocenters. The maximum absolute atomic E-state index is 10.4. The molecule has 0 aliphatic heterocycles. The van der Waals surface area contributed by atoms with E-state index in [1.54, 1.807) is 0 Å². The molecule has 0 fully saturated rings. The Labute approximate surface area is 365 Å². The standard InChI is InChI=1S/6C5H2O6.Mo/c6*6-2-1-3(4(7)8)10-11-5(2)9;/h6*1H,(H,7,8);/p-6. The summed E-state index contributed by atoms with van der Waals surface area (Å²) < 4.78 is 45.2. The molecule has 37 heteroatoms. The molecule has 6 rings (SSSR count). The maximum Gasteiger partial charge on any atom is 0.425 e. The number of rotatable bonds is 6. The van der Waals surface area contributed by atoms with Crippen molar-refractivity contribution in [2.75, 3.05) is 0 Å². The predicted molar refractivity (Wildman–Crippen MR) is 167 cm³/mol. The van der Waals surface area contributed by atoms with Gasteiger partial charge in [0.05, 0.1) is 0 Å². The fourth-order valence-corrected chi connectivity index (χ4v) is 2.51. The second-order valence-corrected chi connectivity index (χ2v) is 9.69. The fraction of sp³-hybridized carbons (Fsp3) is 0. The SMILES string of the molecule is O=C([O-])c1cc(=O)c(=O)oo1.O=C([O-])c1cc(=O)c(=O)oo1.O=C([O-])c1cc(=O)c(=O)oo1.O=C([O-])c1cc(=O)c(=O)oo1.O=C([O-])c1cc(=O)c(=O)oo1.O=C([O-])c1cc(=O)c(=O)oo1.[Mo]. The molecule has 0 bridgehead atoms. The quantitative estimate of drug-likeness (QED) is 0.0849. The van der Waals surface area contributed by atoms with E-state index in [1.165, 1.54) is 0 Å². The second-order valence-electron chi connectivity index (χ2n) is 9.69. The minimum atomic E-state index is -1.72. The van der Waals surface area contributed by atoms with Gasteiger partial charge in [0.2, 0.25) is 34.6 Å². The summed E-state index contributed by atoms with van der Waals surface area (Å²) in [6, 6.07) is 2.92. The minimum Gasteiger partial charge on any atom is -0.541 e. The zero-order chi connectivity index (χ0) is 50.6. The van der Waals surface area contributed by atoms with E-state index in [0.29, 0.717) is 36.4 Å². The van der Waals surface area contributed by atoms with Crippen molar-refractivity contribution in [1.29, 1.82) is 0 Å². The number of carboxylic acid groups (broad SMARTS) is 6. The largest absolute Gasteiger partial charge is 0.541 e. The molecule has 0 saturated heterocycles. The van der Waals surface area contributed by atoms with Crippen LogP contribution < -0.4 is 97.0 Å². The molecule has 0 amide bonds. The van der Waals surface area contributed by atoms with Gasteiger partial charge in [0.25, 0.3) is 32.6 Å². The molecule has 0 saturated carbocycles. The average molecular weight is 1040 g/mol. The predicted octanol–water partition coefficient (Wildman–Crippen LogP) is -12.3. The van der Waals surface area contributed by atoms with Crippen LogP contribution in [-0.2, 0) is 21.1 Å². The molecule has 354 valence electrons. The maximum atomic E-state index is 10.4. The van der Waals surface area contributed by atoms with Crippen molar-refractivity contribution in [3.05, 3.63) is 195 Å². The summed E-state index contributed by atoms with van der Waals surface area (Å²) in [6.45, 7) is 0. The van der Waals surface area contributed by atoms with E-state index in [1.807, 2.05) is 0 Å². The zero-order valence-corrected chi connectivity index (χ0v) is 32.6. The van der Waals surface area contributed by atoms with Gasteiger partial charge in [-0.1, -0.05) is 0 Å². The van der Waals surface area contributed by atoms with Crippen molar-refractivity contribution in [2.45, 2.75) is 0 Å². The van der Waals surface area contributed by atoms with Crippen LogP contribution in [0.25, 0.3) is 0 Å². The first-order chi connectivity index (χ1) is 30.7. The molecule has 0 aromatic carbocycles. The third-order valence-corrected chi connectivity index (χ3v) is 5.23. The summed E-state index contributed by atoms with van der Waals surface area (Å²) in [5.74, 6) is -15.2. The van der Waals surface area contributed by atoms with E-state index in [4.69, 9.17) is 0 Å². The Balaban J connectivity index is 0.000000778. The Bertz CT molecular complexity index is 2900. The first-order valence-corrected chi connectivity index (χ1v) is 14.8. The summed E-state index contributed by atoms with van der Waals surface area (Å²) in [7, 11) is 0. The summed E-state index contributed by atoms with van der Waals surface area (Å²) in [5, 5.41) is 59.8. The van der Waals surface area contributed by atoms with Gasteiger partial charge in [0, 0.05) is 57.5 Å². The van der Waals surface area contributed by atoms with Crippen molar-refractivity contribution < 1.29 is 135 Å². The van der Waals surface area contributed by atoms with Gasteiger partial charge in [-0.25, -0.2) is 56.2 Å². The second kappa shape index (κ2) is 26.2. The summed E-state index contributed by atoms with van der Waals surface area (Å²) in [4.78, 5) is 183. The van der Waals surface area contributed by atoms with Gasteiger partial charge in [0.15, 0.2) is 0 Å². The van der Waals surface area contributed by atoms with Crippen LogP contribution >= 0.6 is 0 Å². The molecule has 0 aliphatic carbocycles. The van der Waals surface area contributed by atoms with Gasteiger partial charge in [-0.05, 0) is 0 Å². The van der Waals surface area contributed by atoms with Gasteiger partial charge in [-0.2, -0.15) is 0 Å². The third-order valence-electron chi connectivity index (χ3n) is 5.23. The van der Waals surface area contributed by atoms with Crippen LogP contribution in [0, 0.1) is 0 Å². The van der Waals surface area contributed by atoms with E-state index >= 15 is 0 Å². The molecule has 6 heterocycles. The molecule has 0 N–H and O–H groups in total. The Morgan fingerprint density at radius 2 is 0.343 bits per heavy atom. The van der Waals surface area contributed by atoms with E-state index in [0.717, 1.165) is 0 Å².